The van der Waals surface area contributed by atoms with Crippen LogP contribution in [0.1, 0.15) is 12.6 Å². The molecule has 1 aliphatic heterocycles. The van der Waals surface area contributed by atoms with Gasteiger partial charge < -0.3 is 5.32 Å². The van der Waals surface area contributed by atoms with Crippen molar-refractivity contribution in [3.63, 3.8) is 0 Å². The van der Waals surface area contributed by atoms with E-state index >= 15 is 0 Å². The molecule has 0 saturated heterocycles. The van der Waals surface area contributed by atoms with Crippen molar-refractivity contribution >= 4 is 34.7 Å². The number of anilines is 2. The summed E-state index contributed by atoms with van der Waals surface area (Å²) >= 11 is 6.18. The molecule has 0 aromatic carbocycles. The number of nitrogens with one attached hydrogen (secondary N) is 1. The maximum Gasteiger partial charge on any atom is 0.401 e. The Morgan fingerprint density at radius 2 is 1.88 bits per heavy atom. The molecule has 15 heteroatoms. The van der Waals surface area contributed by atoms with E-state index in [1.54, 1.807) is 0 Å². The van der Waals surface area contributed by atoms with Crippen LogP contribution in [0.2, 0.25) is 5.02 Å². The summed E-state index contributed by atoms with van der Waals surface area (Å²) in [6.07, 6.45) is 1.12. The normalized spacial score (nSPS) is 18.1. The first-order valence-electron chi connectivity index (χ1n) is 9.30. The Bertz CT molecular complexity index is 1390. The van der Waals surface area contributed by atoms with E-state index in [0.29, 0.717) is 0 Å². The van der Waals surface area contributed by atoms with Crippen molar-refractivity contribution in [1.82, 2.24) is 34.6 Å². The Labute approximate surface area is 186 Å². The molecule has 5 heterocycles. The second-order valence-corrected chi connectivity index (χ2v) is 7.82. The molecule has 33 heavy (non-hydrogen) atoms. The molecule has 0 saturated carbocycles. The zero-order chi connectivity index (χ0) is 23.5. The van der Waals surface area contributed by atoms with E-state index in [1.165, 1.54) is 29.5 Å². The predicted octanol–water partition coefficient (Wildman–Crippen LogP) is 3.37. The van der Waals surface area contributed by atoms with E-state index < -0.39 is 35.7 Å². The zero-order valence-electron chi connectivity index (χ0n) is 16.5. The quantitative estimate of drug-likeness (QED) is 0.440. The van der Waals surface area contributed by atoms with E-state index in [9.17, 15) is 22.4 Å². The number of hydrogen-bond acceptors (Lipinski definition) is 6. The highest BCUT2D eigenvalue weighted by atomic mass is 35.5. The summed E-state index contributed by atoms with van der Waals surface area (Å²) in [5.41, 5.74) is -3.31. The molecule has 0 radical (unpaired) electrons. The molecule has 0 bridgehead atoms. The van der Waals surface area contributed by atoms with Crippen molar-refractivity contribution in [2.45, 2.75) is 18.5 Å². The van der Waals surface area contributed by atoms with Crippen LogP contribution in [-0.2, 0) is 5.41 Å². The van der Waals surface area contributed by atoms with Gasteiger partial charge >= 0.3 is 12.2 Å². The minimum atomic E-state index is -4.77. The zero-order valence-corrected chi connectivity index (χ0v) is 17.3. The Kier molecular flexibility index (Phi) is 4.53. The third-order valence-corrected chi connectivity index (χ3v) is 5.58. The third kappa shape index (κ3) is 3.16. The number of carbonyl (C=O) groups excluding carboxylic acids is 1. The van der Waals surface area contributed by atoms with Gasteiger partial charge in [-0.15, -0.1) is 4.80 Å². The van der Waals surface area contributed by atoms with Crippen LogP contribution in [0.15, 0.2) is 37.1 Å². The number of carbonyl (C=O) groups is 1. The minimum absolute atomic E-state index is 0.0985. The van der Waals surface area contributed by atoms with Gasteiger partial charge in [-0.2, -0.15) is 28.5 Å². The number of hydrogen-bond donors (Lipinski definition) is 1. The van der Waals surface area contributed by atoms with Crippen LogP contribution in [-0.4, -0.2) is 53.3 Å². The lowest BCUT2D eigenvalue weighted by Crippen LogP contribution is -2.46. The van der Waals surface area contributed by atoms with Gasteiger partial charge in [0.15, 0.2) is 17.3 Å². The molecule has 1 atom stereocenters. The van der Waals surface area contributed by atoms with Gasteiger partial charge in [-0.05, 0) is 13.0 Å². The number of alkyl halides is 3. The summed E-state index contributed by atoms with van der Waals surface area (Å²) in [4.78, 5) is 22.9. The second kappa shape index (κ2) is 7.10. The molecule has 0 spiro atoms. The Morgan fingerprint density at radius 1 is 1.15 bits per heavy atom. The first-order chi connectivity index (χ1) is 15.6. The maximum absolute atomic E-state index is 14.1. The lowest BCUT2D eigenvalue weighted by atomic mass is 9.88. The molecule has 0 aliphatic carbocycles. The second-order valence-electron chi connectivity index (χ2n) is 7.41. The standard InChI is InChI=1S/C18H12ClF4N9O/c1-17(18(21,22)23)8-30(12-7-25-15-11(20)6-28-31(15)13(12)17)16(33)29-9-4-10(19)14(24-5-9)32-26-2-3-27-32/h2-7H,8H2,1H3,(H,29,33)/t17-/m0/s1. The average molecular weight is 482 g/mol. The monoisotopic (exact) mass is 481 g/mol. The summed E-state index contributed by atoms with van der Waals surface area (Å²) in [5.74, 6) is -0.680. The number of fused-ring (bicyclic) bond motifs is 3. The van der Waals surface area contributed by atoms with Gasteiger partial charge in [0.25, 0.3) is 0 Å². The topological polar surface area (TPSA) is 106 Å². The fourth-order valence-corrected chi connectivity index (χ4v) is 3.89. The summed E-state index contributed by atoms with van der Waals surface area (Å²) in [7, 11) is 0. The molecule has 0 fully saturated rings. The molecule has 0 unspecified atom stereocenters. The van der Waals surface area contributed by atoms with Gasteiger partial charge in [0.05, 0.1) is 53.1 Å². The van der Waals surface area contributed by atoms with Crippen LogP contribution in [0.4, 0.5) is 33.7 Å². The number of halogens is 5. The average Bonchev–Trinajstić information content (AvgIpc) is 3.47. The molecule has 4 aromatic heterocycles. The first-order valence-corrected chi connectivity index (χ1v) is 9.68. The smallest absolute Gasteiger partial charge is 0.306 e. The van der Waals surface area contributed by atoms with Crippen molar-refractivity contribution in [1.29, 1.82) is 0 Å². The molecule has 10 nitrogen and oxygen atoms in total. The Morgan fingerprint density at radius 3 is 2.55 bits per heavy atom. The fraction of sp³-hybridized carbons (Fsp3) is 0.222. The molecule has 1 N–H and O–H groups in total. The maximum atomic E-state index is 14.1. The Balaban J connectivity index is 1.51. The summed E-state index contributed by atoms with van der Waals surface area (Å²) in [5, 5.41) is 14.1. The minimum Gasteiger partial charge on any atom is -0.306 e. The van der Waals surface area contributed by atoms with E-state index in [4.69, 9.17) is 11.6 Å². The van der Waals surface area contributed by atoms with Crippen molar-refractivity contribution in [2.75, 3.05) is 16.8 Å². The molecule has 4 aromatic rings. The van der Waals surface area contributed by atoms with Crippen LogP contribution in [0.3, 0.4) is 0 Å². The van der Waals surface area contributed by atoms with Crippen molar-refractivity contribution in [2.24, 2.45) is 0 Å². The number of rotatable bonds is 2. The van der Waals surface area contributed by atoms with Crippen molar-refractivity contribution in [3.05, 3.63) is 53.6 Å². The van der Waals surface area contributed by atoms with Crippen LogP contribution in [0.5, 0.6) is 0 Å². The third-order valence-electron chi connectivity index (χ3n) is 5.30. The van der Waals surface area contributed by atoms with E-state index in [2.05, 4.69) is 30.6 Å². The van der Waals surface area contributed by atoms with Crippen LogP contribution in [0, 0.1) is 5.82 Å². The van der Waals surface area contributed by atoms with E-state index in [1.807, 2.05) is 0 Å². The highest BCUT2D eigenvalue weighted by Gasteiger charge is 2.60. The van der Waals surface area contributed by atoms with Crippen molar-refractivity contribution < 1.29 is 22.4 Å². The van der Waals surface area contributed by atoms with Gasteiger partial charge in [0, 0.05) is 6.54 Å². The van der Waals surface area contributed by atoms with E-state index in [0.717, 1.165) is 28.7 Å². The van der Waals surface area contributed by atoms with Gasteiger partial charge in [0.2, 0.25) is 0 Å². The number of urea groups is 1. The molecule has 5 rings (SSSR count). The van der Waals surface area contributed by atoms with E-state index in [-0.39, 0.29) is 27.9 Å². The Hall–Kier alpha value is -3.81. The molecular formula is C18H12ClF4N9O. The highest BCUT2D eigenvalue weighted by molar-refractivity contribution is 6.32. The molecule has 2 amide bonds. The van der Waals surface area contributed by atoms with Crippen LogP contribution in [0.25, 0.3) is 11.5 Å². The van der Waals surface area contributed by atoms with Gasteiger partial charge in [-0.1, -0.05) is 11.6 Å². The summed E-state index contributed by atoms with van der Waals surface area (Å²) in [6.45, 7) is 0.152. The molecular weight excluding hydrogens is 470 g/mol. The first kappa shape index (κ1) is 21.1. The van der Waals surface area contributed by atoms with Crippen LogP contribution >= 0.6 is 11.6 Å². The highest BCUT2D eigenvalue weighted by Crippen LogP contribution is 2.49. The summed E-state index contributed by atoms with van der Waals surface area (Å²) < 4.78 is 57.0. The number of pyridine rings is 1. The molecule has 1 aliphatic rings. The fourth-order valence-electron chi connectivity index (χ4n) is 3.65. The van der Waals surface area contributed by atoms with Gasteiger partial charge in [-0.3, -0.25) is 4.90 Å². The lowest BCUT2D eigenvalue weighted by molar-refractivity contribution is -0.181. The number of aromatic nitrogens is 7. The van der Waals surface area contributed by atoms with Gasteiger partial charge in [-0.25, -0.2) is 23.7 Å². The van der Waals surface area contributed by atoms with Crippen LogP contribution < -0.4 is 10.2 Å². The number of amides is 2. The molecule has 170 valence electrons. The largest absolute Gasteiger partial charge is 0.401 e. The SMILES string of the molecule is C[C@]1(C(F)(F)F)CN(C(=O)Nc2cnc(-n3nccn3)c(Cl)c2)c2cnc3c(F)cnn3c21. The van der Waals surface area contributed by atoms with Crippen molar-refractivity contribution in [3.8, 4) is 5.82 Å². The number of nitrogens with zero attached hydrogens (tertiary/aromatic N) is 8. The predicted molar refractivity (Wildman–Crippen MR) is 107 cm³/mol. The lowest BCUT2D eigenvalue weighted by Gasteiger charge is -2.28. The summed E-state index contributed by atoms with van der Waals surface area (Å²) in [6, 6.07) is 0.468. The van der Waals surface area contributed by atoms with Gasteiger partial charge in [0.1, 0.15) is 5.41 Å².